The Balaban J connectivity index is 3.21. The first-order valence-corrected chi connectivity index (χ1v) is 8.07. The van der Waals surface area contributed by atoms with Gasteiger partial charge in [0.15, 0.2) is 0 Å². The van der Waals surface area contributed by atoms with Crippen LogP contribution in [0.4, 0.5) is 0 Å². The minimum atomic E-state index is -3.54. The zero-order valence-electron chi connectivity index (χ0n) is 12.1. The van der Waals surface area contributed by atoms with Crippen molar-refractivity contribution in [3.63, 3.8) is 0 Å². The first-order chi connectivity index (χ1) is 9.47. The van der Waals surface area contributed by atoms with E-state index in [9.17, 15) is 8.42 Å². The molecule has 0 aliphatic heterocycles. The van der Waals surface area contributed by atoms with Crippen LogP contribution in [0.2, 0.25) is 0 Å². The molecule has 110 valence electrons. The number of rotatable bonds is 5. The fourth-order valence-corrected chi connectivity index (χ4v) is 3.54. The van der Waals surface area contributed by atoms with Gasteiger partial charge in [-0.05, 0) is 19.4 Å². The monoisotopic (exact) mass is 295 g/mol. The summed E-state index contributed by atoms with van der Waals surface area (Å²) in [5.41, 5.74) is 5.86. The topological polar surface area (TPSA) is 76.3 Å². The summed E-state index contributed by atoms with van der Waals surface area (Å²) >= 11 is 0. The normalized spacial score (nSPS) is 12.8. The number of hydrogen-bond acceptors (Lipinski definition) is 4. The Labute approximate surface area is 121 Å². The number of hydrogen-bond donors (Lipinski definition) is 1. The van der Waals surface area contributed by atoms with E-state index in [4.69, 9.17) is 5.73 Å². The molecule has 1 aromatic heterocycles. The van der Waals surface area contributed by atoms with Crippen molar-refractivity contribution in [2.75, 3.05) is 13.1 Å². The van der Waals surface area contributed by atoms with Crippen LogP contribution in [0.1, 0.15) is 32.8 Å². The summed E-state index contributed by atoms with van der Waals surface area (Å²) in [6.07, 6.45) is 3.64. The van der Waals surface area contributed by atoms with Gasteiger partial charge in [-0.1, -0.05) is 25.7 Å². The van der Waals surface area contributed by atoms with Crippen LogP contribution < -0.4 is 5.73 Å². The van der Waals surface area contributed by atoms with E-state index in [2.05, 4.69) is 16.8 Å². The summed E-state index contributed by atoms with van der Waals surface area (Å²) in [4.78, 5) is 4.13. The molecule has 0 aliphatic carbocycles. The fourth-order valence-electron chi connectivity index (χ4n) is 1.84. The predicted molar refractivity (Wildman–Crippen MR) is 79.5 cm³/mol. The first-order valence-electron chi connectivity index (χ1n) is 6.63. The van der Waals surface area contributed by atoms with Crippen molar-refractivity contribution in [1.82, 2.24) is 9.29 Å². The van der Waals surface area contributed by atoms with E-state index in [1.807, 2.05) is 20.8 Å². The van der Waals surface area contributed by atoms with Crippen LogP contribution in [0.5, 0.6) is 0 Å². The minimum Gasteiger partial charge on any atom is -0.320 e. The Hall–Kier alpha value is -1.42. The molecule has 0 radical (unpaired) electrons. The highest BCUT2D eigenvalue weighted by atomic mass is 32.2. The molecule has 2 N–H and O–H groups in total. The highest BCUT2D eigenvalue weighted by molar-refractivity contribution is 7.89. The van der Waals surface area contributed by atoms with Gasteiger partial charge < -0.3 is 5.73 Å². The van der Waals surface area contributed by atoms with Crippen LogP contribution in [0, 0.1) is 11.8 Å². The van der Waals surface area contributed by atoms with Crippen molar-refractivity contribution in [1.29, 1.82) is 0 Å². The SMILES string of the molecule is CCC(C)N(CC)S(=O)(=O)c1cncc(C#CCN)c1. The smallest absolute Gasteiger partial charge is 0.244 e. The lowest BCUT2D eigenvalue weighted by Crippen LogP contribution is -2.38. The molecule has 20 heavy (non-hydrogen) atoms. The van der Waals surface area contributed by atoms with E-state index in [1.54, 1.807) is 0 Å². The molecule has 1 rings (SSSR count). The molecular weight excluding hydrogens is 274 g/mol. The minimum absolute atomic E-state index is 0.0521. The van der Waals surface area contributed by atoms with Gasteiger partial charge in [-0.3, -0.25) is 4.98 Å². The molecule has 1 atom stereocenters. The molecule has 0 fully saturated rings. The Morgan fingerprint density at radius 3 is 2.65 bits per heavy atom. The third-order valence-electron chi connectivity index (χ3n) is 3.05. The van der Waals surface area contributed by atoms with Crippen LogP contribution in [-0.4, -0.2) is 36.8 Å². The summed E-state index contributed by atoms with van der Waals surface area (Å²) in [6, 6.07) is 1.49. The fraction of sp³-hybridized carbons (Fsp3) is 0.500. The molecular formula is C14H21N3O2S. The van der Waals surface area contributed by atoms with Gasteiger partial charge in [-0.2, -0.15) is 4.31 Å². The number of nitrogens with zero attached hydrogens (tertiary/aromatic N) is 2. The van der Waals surface area contributed by atoms with Crippen LogP contribution in [0.3, 0.4) is 0 Å². The highest BCUT2D eigenvalue weighted by Crippen LogP contribution is 2.19. The molecule has 6 heteroatoms. The van der Waals surface area contributed by atoms with E-state index < -0.39 is 10.0 Å². The molecule has 1 aromatic rings. The zero-order chi connectivity index (χ0) is 15.2. The van der Waals surface area contributed by atoms with Crippen molar-refractivity contribution < 1.29 is 8.42 Å². The summed E-state index contributed by atoms with van der Waals surface area (Å²) < 4.78 is 26.7. The van der Waals surface area contributed by atoms with E-state index >= 15 is 0 Å². The molecule has 0 saturated heterocycles. The van der Waals surface area contributed by atoms with E-state index in [0.29, 0.717) is 12.1 Å². The predicted octanol–water partition coefficient (Wildman–Crippen LogP) is 1.20. The average Bonchev–Trinajstić information content (AvgIpc) is 2.45. The number of pyridine rings is 1. The summed E-state index contributed by atoms with van der Waals surface area (Å²) in [5.74, 6) is 5.49. The van der Waals surface area contributed by atoms with Crippen LogP contribution in [0.15, 0.2) is 23.4 Å². The molecule has 0 aliphatic rings. The lowest BCUT2D eigenvalue weighted by molar-refractivity contribution is 0.342. The van der Waals surface area contributed by atoms with Gasteiger partial charge in [0.2, 0.25) is 10.0 Å². The van der Waals surface area contributed by atoms with Gasteiger partial charge in [0.25, 0.3) is 0 Å². The molecule has 0 bridgehead atoms. The van der Waals surface area contributed by atoms with Gasteiger partial charge in [0.05, 0.1) is 6.54 Å². The molecule has 1 heterocycles. The second kappa shape index (κ2) is 7.39. The Morgan fingerprint density at radius 2 is 2.10 bits per heavy atom. The molecule has 0 aromatic carbocycles. The molecule has 0 amide bonds. The number of nitrogens with two attached hydrogens (primary N) is 1. The molecule has 0 spiro atoms. The lowest BCUT2D eigenvalue weighted by Gasteiger charge is -2.26. The van der Waals surface area contributed by atoms with Gasteiger partial charge >= 0.3 is 0 Å². The molecule has 5 nitrogen and oxygen atoms in total. The largest absolute Gasteiger partial charge is 0.320 e. The Kier molecular flexibility index (Phi) is 6.14. The Bertz CT molecular complexity index is 602. The summed E-state index contributed by atoms with van der Waals surface area (Å²) in [6.45, 7) is 6.34. The van der Waals surface area contributed by atoms with Crippen molar-refractivity contribution in [3.05, 3.63) is 24.0 Å². The van der Waals surface area contributed by atoms with Crippen molar-refractivity contribution >= 4 is 10.0 Å². The van der Waals surface area contributed by atoms with Crippen molar-refractivity contribution in [3.8, 4) is 11.8 Å². The maximum absolute atomic E-state index is 12.6. The highest BCUT2D eigenvalue weighted by Gasteiger charge is 2.27. The average molecular weight is 295 g/mol. The van der Waals surface area contributed by atoms with Crippen molar-refractivity contribution in [2.45, 2.75) is 38.1 Å². The maximum Gasteiger partial charge on any atom is 0.244 e. The molecule has 1 unspecified atom stereocenters. The third kappa shape index (κ3) is 3.79. The lowest BCUT2D eigenvalue weighted by atomic mass is 10.3. The third-order valence-corrected chi connectivity index (χ3v) is 5.10. The first kappa shape index (κ1) is 16.6. The van der Waals surface area contributed by atoms with Gasteiger partial charge in [-0.15, -0.1) is 0 Å². The summed E-state index contributed by atoms with van der Waals surface area (Å²) in [5, 5.41) is 0. The van der Waals surface area contributed by atoms with Crippen LogP contribution >= 0.6 is 0 Å². The zero-order valence-corrected chi connectivity index (χ0v) is 12.9. The molecule has 0 saturated carbocycles. The van der Waals surface area contributed by atoms with E-state index in [0.717, 1.165) is 6.42 Å². The van der Waals surface area contributed by atoms with E-state index in [-0.39, 0.29) is 17.5 Å². The van der Waals surface area contributed by atoms with Crippen LogP contribution in [-0.2, 0) is 10.0 Å². The standard InChI is InChI=1S/C14H21N3O2S/c1-4-12(3)17(5-2)20(18,19)14-9-13(7-6-8-15)10-16-11-14/h9-12H,4-5,8,15H2,1-3H3. The van der Waals surface area contributed by atoms with Crippen LogP contribution in [0.25, 0.3) is 0 Å². The quantitative estimate of drug-likeness (QED) is 0.828. The van der Waals surface area contributed by atoms with E-state index in [1.165, 1.54) is 22.8 Å². The second-order valence-electron chi connectivity index (χ2n) is 4.38. The number of sulfonamides is 1. The second-order valence-corrected chi connectivity index (χ2v) is 6.27. The van der Waals surface area contributed by atoms with Gasteiger partial charge in [-0.25, -0.2) is 8.42 Å². The van der Waals surface area contributed by atoms with Gasteiger partial charge in [0, 0.05) is 30.5 Å². The maximum atomic E-state index is 12.6. The number of aromatic nitrogens is 1. The van der Waals surface area contributed by atoms with Gasteiger partial charge in [0.1, 0.15) is 4.90 Å². The Morgan fingerprint density at radius 1 is 1.40 bits per heavy atom. The van der Waals surface area contributed by atoms with Crippen molar-refractivity contribution in [2.24, 2.45) is 5.73 Å². The summed E-state index contributed by atoms with van der Waals surface area (Å²) in [7, 11) is -3.54.